The van der Waals surface area contributed by atoms with Crippen LogP contribution < -0.4 is 11.1 Å². The number of piperidine rings is 1. The SMILES string of the molecule is Cc1cc([C@@H]2CCNC[C@@H]2F)c(F)c2c1C(=O)N([C@@H](CCC(=O)O)C(N)=O)C2. The maximum atomic E-state index is 15.3. The molecule has 1 aromatic carbocycles. The molecule has 3 rings (SSSR count). The fourth-order valence-corrected chi connectivity index (χ4v) is 4.13. The van der Waals surface area contributed by atoms with Crippen LogP contribution in [0.1, 0.15) is 52.2 Å². The van der Waals surface area contributed by atoms with E-state index >= 15 is 4.39 Å². The summed E-state index contributed by atoms with van der Waals surface area (Å²) in [6.07, 6.45) is -1.29. The standard InChI is InChI=1S/C19H23F2N3O4/c1-9-6-11(10-4-5-23-7-13(10)20)17(21)12-8-24(19(28)16(9)12)14(18(22)27)2-3-15(25)26/h6,10,13-14,23H,2-5,7-8H2,1H3,(H2,22,27)(H,25,26)/t10-,13-,14-/m0/s1. The smallest absolute Gasteiger partial charge is 0.303 e. The molecule has 28 heavy (non-hydrogen) atoms. The molecule has 0 saturated carbocycles. The Balaban J connectivity index is 1.96. The van der Waals surface area contributed by atoms with Gasteiger partial charge in [0, 0.05) is 24.4 Å². The summed E-state index contributed by atoms with van der Waals surface area (Å²) in [7, 11) is 0. The van der Waals surface area contributed by atoms with E-state index in [4.69, 9.17) is 10.8 Å². The Hall–Kier alpha value is -2.55. The molecular formula is C19H23F2N3O4. The first-order chi connectivity index (χ1) is 13.2. The largest absolute Gasteiger partial charge is 0.481 e. The third kappa shape index (κ3) is 3.58. The van der Waals surface area contributed by atoms with Crippen molar-refractivity contribution in [2.45, 2.75) is 50.9 Å². The molecule has 9 heteroatoms. The minimum atomic E-state index is -1.23. The molecule has 0 unspecified atom stereocenters. The van der Waals surface area contributed by atoms with E-state index in [1.54, 1.807) is 6.92 Å². The Labute approximate surface area is 160 Å². The van der Waals surface area contributed by atoms with Gasteiger partial charge in [-0.1, -0.05) is 6.07 Å². The van der Waals surface area contributed by atoms with Crippen LogP contribution in [0.3, 0.4) is 0 Å². The van der Waals surface area contributed by atoms with Crippen LogP contribution >= 0.6 is 0 Å². The van der Waals surface area contributed by atoms with Crippen molar-refractivity contribution in [1.29, 1.82) is 0 Å². The van der Waals surface area contributed by atoms with Crippen molar-refractivity contribution in [2.75, 3.05) is 13.1 Å². The zero-order valence-electron chi connectivity index (χ0n) is 15.5. The van der Waals surface area contributed by atoms with Gasteiger partial charge in [-0.25, -0.2) is 8.78 Å². The lowest BCUT2D eigenvalue weighted by Crippen LogP contribution is -2.45. The van der Waals surface area contributed by atoms with Crippen molar-refractivity contribution in [1.82, 2.24) is 10.2 Å². The van der Waals surface area contributed by atoms with Crippen molar-refractivity contribution in [3.05, 3.63) is 34.1 Å². The van der Waals surface area contributed by atoms with Gasteiger partial charge in [-0.05, 0) is 37.4 Å². The van der Waals surface area contributed by atoms with Gasteiger partial charge in [0.05, 0.1) is 12.1 Å². The lowest BCUT2D eigenvalue weighted by Gasteiger charge is -2.28. The summed E-state index contributed by atoms with van der Waals surface area (Å²) in [5.41, 5.74) is 6.37. The molecule has 1 saturated heterocycles. The van der Waals surface area contributed by atoms with Gasteiger partial charge in [-0.15, -0.1) is 0 Å². The highest BCUT2D eigenvalue weighted by Gasteiger charge is 2.40. The molecule has 2 amide bonds. The van der Waals surface area contributed by atoms with Crippen LogP contribution in [0.4, 0.5) is 8.78 Å². The molecule has 1 fully saturated rings. The molecule has 0 spiro atoms. The van der Waals surface area contributed by atoms with E-state index in [2.05, 4.69) is 5.32 Å². The number of alkyl halides is 1. The summed E-state index contributed by atoms with van der Waals surface area (Å²) in [5, 5.41) is 11.8. The van der Waals surface area contributed by atoms with E-state index < -0.39 is 41.7 Å². The Morgan fingerprint density at radius 3 is 2.79 bits per heavy atom. The van der Waals surface area contributed by atoms with Crippen LogP contribution in [0.15, 0.2) is 6.07 Å². The highest BCUT2D eigenvalue weighted by molar-refractivity contribution is 6.02. The average Bonchev–Trinajstić information content (AvgIpc) is 2.97. The van der Waals surface area contributed by atoms with Crippen molar-refractivity contribution in [3.8, 4) is 0 Å². The molecule has 2 heterocycles. The molecule has 0 radical (unpaired) electrons. The molecule has 0 aromatic heterocycles. The summed E-state index contributed by atoms with van der Waals surface area (Å²) in [5.74, 6) is -3.77. The number of nitrogens with zero attached hydrogens (tertiary/aromatic N) is 1. The molecule has 4 N–H and O–H groups in total. The second-order valence-corrected chi connectivity index (χ2v) is 7.35. The number of nitrogens with two attached hydrogens (primary N) is 1. The first kappa shape index (κ1) is 20.2. The minimum Gasteiger partial charge on any atom is -0.481 e. The van der Waals surface area contributed by atoms with E-state index in [1.165, 1.54) is 6.07 Å². The van der Waals surface area contributed by atoms with Crippen LogP contribution in [0.25, 0.3) is 0 Å². The second kappa shape index (κ2) is 7.83. The first-order valence-electron chi connectivity index (χ1n) is 9.21. The van der Waals surface area contributed by atoms with Crippen LogP contribution in [-0.2, 0) is 16.1 Å². The number of carbonyl (C=O) groups is 3. The van der Waals surface area contributed by atoms with Crippen molar-refractivity contribution >= 4 is 17.8 Å². The molecule has 2 aliphatic heterocycles. The van der Waals surface area contributed by atoms with Gasteiger partial charge in [0.25, 0.3) is 5.91 Å². The number of benzene rings is 1. The third-order valence-corrected chi connectivity index (χ3v) is 5.53. The predicted octanol–water partition coefficient (Wildman–Crippen LogP) is 1.22. The molecular weight excluding hydrogens is 372 g/mol. The number of carboxylic acid groups (broad SMARTS) is 1. The van der Waals surface area contributed by atoms with Crippen LogP contribution in [0.5, 0.6) is 0 Å². The number of nitrogens with one attached hydrogen (secondary N) is 1. The number of primary amides is 1. The van der Waals surface area contributed by atoms with E-state index in [1.807, 2.05) is 0 Å². The molecule has 1 aromatic rings. The topological polar surface area (TPSA) is 113 Å². The van der Waals surface area contributed by atoms with Crippen molar-refractivity contribution in [3.63, 3.8) is 0 Å². The number of carbonyl (C=O) groups excluding carboxylic acids is 2. The van der Waals surface area contributed by atoms with Gasteiger partial charge in [0.2, 0.25) is 5.91 Å². The predicted molar refractivity (Wildman–Crippen MR) is 96.0 cm³/mol. The molecule has 0 bridgehead atoms. The van der Waals surface area contributed by atoms with Crippen LogP contribution in [-0.4, -0.2) is 53.1 Å². The Morgan fingerprint density at radius 1 is 1.46 bits per heavy atom. The van der Waals surface area contributed by atoms with E-state index in [0.29, 0.717) is 18.5 Å². The quantitative estimate of drug-likeness (QED) is 0.671. The Kier molecular flexibility index (Phi) is 5.64. The highest BCUT2D eigenvalue weighted by Crippen LogP contribution is 2.37. The summed E-state index contributed by atoms with van der Waals surface area (Å²) in [6, 6.07) is 0.361. The number of fused-ring (bicyclic) bond motifs is 1. The van der Waals surface area contributed by atoms with E-state index in [0.717, 1.165) is 4.90 Å². The first-order valence-corrected chi connectivity index (χ1v) is 9.21. The van der Waals surface area contributed by atoms with Crippen molar-refractivity contribution in [2.24, 2.45) is 5.73 Å². The van der Waals surface area contributed by atoms with Gasteiger partial charge in [0.1, 0.15) is 18.0 Å². The van der Waals surface area contributed by atoms with Gasteiger partial charge < -0.3 is 21.1 Å². The maximum absolute atomic E-state index is 15.3. The fourth-order valence-electron chi connectivity index (χ4n) is 4.13. The molecule has 7 nitrogen and oxygen atoms in total. The lowest BCUT2D eigenvalue weighted by molar-refractivity contribution is -0.137. The van der Waals surface area contributed by atoms with E-state index in [9.17, 15) is 18.8 Å². The zero-order chi connectivity index (χ0) is 20.6. The highest BCUT2D eigenvalue weighted by atomic mass is 19.1. The number of hydrogen-bond acceptors (Lipinski definition) is 4. The van der Waals surface area contributed by atoms with Gasteiger partial charge >= 0.3 is 5.97 Å². The Bertz CT molecular complexity index is 830. The summed E-state index contributed by atoms with van der Waals surface area (Å²) in [4.78, 5) is 36.6. The fraction of sp³-hybridized carbons (Fsp3) is 0.526. The maximum Gasteiger partial charge on any atom is 0.303 e. The molecule has 0 aliphatic carbocycles. The summed E-state index contributed by atoms with van der Waals surface area (Å²) >= 11 is 0. The van der Waals surface area contributed by atoms with Gasteiger partial charge in [-0.2, -0.15) is 0 Å². The second-order valence-electron chi connectivity index (χ2n) is 7.35. The number of rotatable bonds is 6. The van der Waals surface area contributed by atoms with Crippen molar-refractivity contribution < 1.29 is 28.3 Å². The molecule has 152 valence electrons. The number of halogens is 2. The lowest BCUT2D eigenvalue weighted by atomic mass is 9.85. The molecule has 2 aliphatic rings. The number of aliphatic carboxylic acids is 1. The number of amides is 2. The van der Waals surface area contributed by atoms with Gasteiger partial charge in [0.15, 0.2) is 0 Å². The molecule has 3 atom stereocenters. The number of carboxylic acids is 1. The summed E-state index contributed by atoms with van der Waals surface area (Å²) < 4.78 is 29.6. The van der Waals surface area contributed by atoms with Crippen LogP contribution in [0.2, 0.25) is 0 Å². The Morgan fingerprint density at radius 2 is 2.18 bits per heavy atom. The zero-order valence-corrected chi connectivity index (χ0v) is 15.5. The summed E-state index contributed by atoms with van der Waals surface area (Å²) in [6.45, 7) is 2.17. The number of hydrogen-bond donors (Lipinski definition) is 3. The minimum absolute atomic E-state index is 0.118. The van der Waals surface area contributed by atoms with Crippen LogP contribution in [0, 0.1) is 12.7 Å². The normalized spacial score (nSPS) is 22.8. The average molecular weight is 395 g/mol. The third-order valence-electron chi connectivity index (χ3n) is 5.53. The van der Waals surface area contributed by atoms with Gasteiger partial charge in [-0.3, -0.25) is 14.4 Å². The number of aryl methyl sites for hydroxylation is 1. The monoisotopic (exact) mass is 395 g/mol. The van der Waals surface area contributed by atoms with E-state index in [-0.39, 0.29) is 42.6 Å².